The number of aryl methyl sites for hydroxylation is 2. The molecule has 0 aliphatic heterocycles. The van der Waals surface area contributed by atoms with Crippen LogP contribution < -0.4 is 4.74 Å². The van der Waals surface area contributed by atoms with Crippen molar-refractivity contribution >= 4 is 11.9 Å². The summed E-state index contributed by atoms with van der Waals surface area (Å²) in [6, 6.07) is 11.9. The summed E-state index contributed by atoms with van der Waals surface area (Å²) in [5.74, 6) is -0.460. The van der Waals surface area contributed by atoms with Crippen molar-refractivity contribution in [2.75, 3.05) is 7.11 Å². The Kier molecular flexibility index (Phi) is 4.38. The fourth-order valence-electron chi connectivity index (χ4n) is 1.89. The molecule has 0 aromatic heterocycles. The fraction of sp³-hybridized carbons (Fsp3) is 0.176. The highest BCUT2D eigenvalue weighted by atomic mass is 16.5. The van der Waals surface area contributed by atoms with E-state index in [1.807, 2.05) is 26.0 Å². The van der Waals surface area contributed by atoms with Crippen LogP contribution in [0.3, 0.4) is 0 Å². The van der Waals surface area contributed by atoms with E-state index in [0.717, 1.165) is 11.1 Å². The number of carbonyl (C=O) groups excluding carboxylic acids is 2. The van der Waals surface area contributed by atoms with Crippen molar-refractivity contribution in [2.45, 2.75) is 13.8 Å². The number of methoxy groups -OCH3 is 1. The molecule has 0 amide bonds. The van der Waals surface area contributed by atoms with Crippen molar-refractivity contribution in [1.82, 2.24) is 0 Å². The van der Waals surface area contributed by atoms with E-state index in [2.05, 4.69) is 4.74 Å². The SMILES string of the molecule is COC(=O)c1ccc(OC(=O)c2cc(C)ccc2C)cc1. The highest BCUT2D eigenvalue weighted by Gasteiger charge is 2.12. The first-order valence-corrected chi connectivity index (χ1v) is 6.49. The lowest BCUT2D eigenvalue weighted by molar-refractivity contribution is 0.0600. The van der Waals surface area contributed by atoms with Gasteiger partial charge in [-0.05, 0) is 49.7 Å². The molecule has 108 valence electrons. The van der Waals surface area contributed by atoms with Crippen molar-refractivity contribution in [3.63, 3.8) is 0 Å². The molecule has 4 heteroatoms. The van der Waals surface area contributed by atoms with Gasteiger partial charge in [-0.1, -0.05) is 17.7 Å². The van der Waals surface area contributed by atoms with Crippen LogP contribution in [0, 0.1) is 13.8 Å². The van der Waals surface area contributed by atoms with Crippen LogP contribution in [0.25, 0.3) is 0 Å². The van der Waals surface area contributed by atoms with E-state index in [0.29, 0.717) is 16.9 Å². The van der Waals surface area contributed by atoms with Crippen LogP contribution in [0.1, 0.15) is 31.8 Å². The van der Waals surface area contributed by atoms with Crippen LogP contribution in [0.5, 0.6) is 5.75 Å². The first kappa shape index (κ1) is 14.8. The Balaban J connectivity index is 2.16. The molecule has 0 radical (unpaired) electrons. The van der Waals surface area contributed by atoms with Gasteiger partial charge in [-0.2, -0.15) is 0 Å². The summed E-state index contributed by atoms with van der Waals surface area (Å²) in [6.45, 7) is 3.78. The number of carbonyl (C=O) groups is 2. The Morgan fingerprint density at radius 2 is 1.57 bits per heavy atom. The Hall–Kier alpha value is -2.62. The van der Waals surface area contributed by atoms with Gasteiger partial charge in [0.2, 0.25) is 0 Å². The Morgan fingerprint density at radius 3 is 2.19 bits per heavy atom. The molecule has 21 heavy (non-hydrogen) atoms. The van der Waals surface area contributed by atoms with Crippen molar-refractivity contribution in [1.29, 1.82) is 0 Å². The highest BCUT2D eigenvalue weighted by molar-refractivity contribution is 5.93. The monoisotopic (exact) mass is 284 g/mol. The van der Waals surface area contributed by atoms with Gasteiger partial charge in [0, 0.05) is 0 Å². The van der Waals surface area contributed by atoms with Gasteiger partial charge in [-0.15, -0.1) is 0 Å². The second-order valence-corrected chi connectivity index (χ2v) is 4.72. The van der Waals surface area contributed by atoms with Gasteiger partial charge < -0.3 is 9.47 Å². The van der Waals surface area contributed by atoms with Gasteiger partial charge in [0.25, 0.3) is 0 Å². The predicted octanol–water partition coefficient (Wildman–Crippen LogP) is 3.31. The summed E-state index contributed by atoms with van der Waals surface area (Å²) in [7, 11) is 1.32. The van der Waals surface area contributed by atoms with E-state index in [1.54, 1.807) is 30.3 Å². The summed E-state index contributed by atoms with van der Waals surface area (Å²) in [5, 5.41) is 0. The molecule has 0 spiro atoms. The molecule has 0 fully saturated rings. The number of hydrogen-bond acceptors (Lipinski definition) is 4. The molecule has 2 rings (SSSR count). The molecule has 2 aromatic carbocycles. The number of esters is 2. The molecule has 0 bridgehead atoms. The van der Waals surface area contributed by atoms with Gasteiger partial charge in [0.05, 0.1) is 18.2 Å². The molecule has 0 unspecified atom stereocenters. The van der Waals surface area contributed by atoms with E-state index in [9.17, 15) is 9.59 Å². The van der Waals surface area contributed by atoms with Crippen molar-refractivity contribution in [2.24, 2.45) is 0 Å². The third-order valence-electron chi connectivity index (χ3n) is 3.10. The summed E-state index contributed by atoms with van der Waals surface area (Å²) in [5.41, 5.74) is 2.79. The number of hydrogen-bond donors (Lipinski definition) is 0. The molecule has 0 atom stereocenters. The predicted molar refractivity (Wildman–Crippen MR) is 78.7 cm³/mol. The van der Waals surface area contributed by atoms with Crippen LogP contribution in [0.2, 0.25) is 0 Å². The molecule has 0 aliphatic rings. The maximum atomic E-state index is 12.1. The maximum Gasteiger partial charge on any atom is 0.343 e. The minimum Gasteiger partial charge on any atom is -0.465 e. The molecular weight excluding hydrogens is 268 g/mol. The third kappa shape index (κ3) is 3.48. The van der Waals surface area contributed by atoms with Crippen LogP contribution in [0.15, 0.2) is 42.5 Å². The minimum absolute atomic E-state index is 0.383. The number of benzene rings is 2. The van der Waals surface area contributed by atoms with Crippen LogP contribution >= 0.6 is 0 Å². The first-order valence-electron chi connectivity index (χ1n) is 6.49. The van der Waals surface area contributed by atoms with E-state index in [4.69, 9.17) is 4.74 Å². The number of ether oxygens (including phenoxy) is 2. The van der Waals surface area contributed by atoms with Gasteiger partial charge in [0.1, 0.15) is 5.75 Å². The summed E-state index contributed by atoms with van der Waals surface area (Å²) < 4.78 is 9.92. The van der Waals surface area contributed by atoms with E-state index < -0.39 is 11.9 Å². The average Bonchev–Trinajstić information content (AvgIpc) is 2.49. The number of rotatable bonds is 3. The van der Waals surface area contributed by atoms with Crippen LogP contribution in [-0.2, 0) is 4.74 Å². The standard InChI is InChI=1S/C17H16O4/c1-11-4-5-12(2)15(10-11)17(19)21-14-8-6-13(7-9-14)16(18)20-3/h4-10H,1-3H3. The fourth-order valence-corrected chi connectivity index (χ4v) is 1.89. The minimum atomic E-state index is -0.428. The largest absolute Gasteiger partial charge is 0.465 e. The van der Waals surface area contributed by atoms with Crippen molar-refractivity contribution in [3.8, 4) is 5.75 Å². The summed E-state index contributed by atoms with van der Waals surface area (Å²) in [6.07, 6.45) is 0. The van der Waals surface area contributed by atoms with Crippen LogP contribution in [-0.4, -0.2) is 19.0 Å². The average molecular weight is 284 g/mol. The molecule has 2 aromatic rings. The maximum absolute atomic E-state index is 12.1. The Bertz CT molecular complexity index is 672. The van der Waals surface area contributed by atoms with E-state index in [1.165, 1.54) is 7.11 Å². The van der Waals surface area contributed by atoms with Gasteiger partial charge >= 0.3 is 11.9 Å². The Labute approximate surface area is 123 Å². The van der Waals surface area contributed by atoms with Gasteiger partial charge in [-0.25, -0.2) is 9.59 Å². The highest BCUT2D eigenvalue weighted by Crippen LogP contribution is 2.17. The molecule has 0 N–H and O–H groups in total. The van der Waals surface area contributed by atoms with Crippen LogP contribution in [0.4, 0.5) is 0 Å². The van der Waals surface area contributed by atoms with Crippen molar-refractivity contribution in [3.05, 3.63) is 64.7 Å². The molecule has 0 saturated heterocycles. The Morgan fingerprint density at radius 1 is 0.905 bits per heavy atom. The molecule has 0 saturated carbocycles. The summed E-state index contributed by atoms with van der Waals surface area (Å²) in [4.78, 5) is 23.5. The zero-order valence-electron chi connectivity index (χ0n) is 12.2. The summed E-state index contributed by atoms with van der Waals surface area (Å²) >= 11 is 0. The second-order valence-electron chi connectivity index (χ2n) is 4.72. The third-order valence-corrected chi connectivity index (χ3v) is 3.10. The smallest absolute Gasteiger partial charge is 0.343 e. The van der Waals surface area contributed by atoms with E-state index in [-0.39, 0.29) is 0 Å². The lowest BCUT2D eigenvalue weighted by Crippen LogP contribution is -2.10. The molecule has 4 nitrogen and oxygen atoms in total. The molecule has 0 aliphatic carbocycles. The zero-order valence-corrected chi connectivity index (χ0v) is 12.2. The zero-order chi connectivity index (χ0) is 15.4. The second kappa shape index (κ2) is 6.22. The lowest BCUT2D eigenvalue weighted by Gasteiger charge is -2.08. The van der Waals surface area contributed by atoms with Gasteiger partial charge in [0.15, 0.2) is 0 Å². The normalized spacial score (nSPS) is 10.0. The molecular formula is C17H16O4. The molecule has 0 heterocycles. The topological polar surface area (TPSA) is 52.6 Å². The quantitative estimate of drug-likeness (QED) is 0.641. The first-order chi connectivity index (χ1) is 10.0. The lowest BCUT2D eigenvalue weighted by atomic mass is 10.1. The van der Waals surface area contributed by atoms with E-state index >= 15 is 0 Å². The van der Waals surface area contributed by atoms with Crippen molar-refractivity contribution < 1.29 is 19.1 Å². The van der Waals surface area contributed by atoms with Gasteiger partial charge in [-0.3, -0.25) is 0 Å².